The van der Waals surface area contributed by atoms with E-state index in [9.17, 15) is 53.1 Å². The van der Waals surface area contributed by atoms with Gasteiger partial charge in [-0.1, -0.05) is 111 Å². The minimum atomic E-state index is -1.72. The molecule has 0 aliphatic carbocycles. The third kappa shape index (κ3) is 23.2. The molecular formula is C66H107N11O15. The van der Waals surface area contributed by atoms with Crippen molar-refractivity contribution in [3.63, 3.8) is 0 Å². The van der Waals surface area contributed by atoms with Crippen LogP contribution in [0.4, 0.5) is 20.1 Å². The van der Waals surface area contributed by atoms with Gasteiger partial charge in [0.05, 0.1) is 48.8 Å². The lowest BCUT2D eigenvalue weighted by Crippen LogP contribution is -2.60. The molecular weight excluding hydrogens is 1190 g/mol. The third-order valence-electron chi connectivity index (χ3n) is 17.0. The second kappa shape index (κ2) is 37.2. The Hall–Kier alpha value is -7.58. The van der Waals surface area contributed by atoms with Crippen molar-refractivity contribution in [3.05, 3.63) is 65.7 Å². The van der Waals surface area contributed by atoms with E-state index in [0.717, 1.165) is 4.90 Å². The maximum absolute atomic E-state index is 14.8. The number of likely N-dealkylation sites (N-methyl/N-ethyl adjacent to an activating group) is 3. The molecule has 516 valence electrons. The lowest BCUT2D eigenvalue weighted by Gasteiger charge is -2.41. The highest BCUT2D eigenvalue weighted by atomic mass is 16.6. The van der Waals surface area contributed by atoms with Gasteiger partial charge in [-0.3, -0.25) is 38.5 Å². The molecule has 92 heavy (non-hydrogen) atoms. The van der Waals surface area contributed by atoms with Crippen molar-refractivity contribution in [2.75, 3.05) is 60.3 Å². The Labute approximate surface area is 544 Å². The Kier molecular flexibility index (Phi) is 31.8. The van der Waals surface area contributed by atoms with E-state index >= 15 is 0 Å². The van der Waals surface area contributed by atoms with Gasteiger partial charge in [0.1, 0.15) is 31.3 Å². The molecule has 0 unspecified atom stereocenters. The van der Waals surface area contributed by atoms with Crippen molar-refractivity contribution in [3.8, 4) is 0 Å². The van der Waals surface area contributed by atoms with Crippen LogP contribution in [0.2, 0.25) is 0 Å². The number of carbonyl (C=O) groups is 10. The molecule has 1 fully saturated rings. The van der Waals surface area contributed by atoms with E-state index in [0.29, 0.717) is 62.0 Å². The van der Waals surface area contributed by atoms with Gasteiger partial charge < -0.3 is 76.4 Å². The topological polar surface area (TPSA) is 339 Å². The maximum atomic E-state index is 14.8. The number of likely N-dealkylation sites (tertiary alicyclic amines) is 1. The van der Waals surface area contributed by atoms with Gasteiger partial charge >= 0.3 is 18.2 Å². The molecule has 9 N–H and O–H groups in total. The standard InChI is InChI=1S/C66H107N11O15/c1-19-41(8)55(49(89-17)35-51(79)77-34-24-28-48(77)57(90-18)43(10)58(81)70-44(11)56(80)46-26-21-20-22-27-46)75(15)61(84)53(39(4)5)73-60(83)54(40(6)7)76(16)65(88)91-37-45-29-31-47(32-30-45)71-62(85)66(12,13)92-64(87)74(14)36-50(78)72-52(38(2)3)59(82)69-42(9)25-23-33-68-63(67)86/h20-22,26-27,29-32,38-44,48-49,52-57,80H,19,23-25,28,33-37H2,1-18H3,(H,69,82)(H,70,81)(H,71,85)(H,72,78)(H,73,83)(H3,67,68,86)/t41-,42-,43+,44+,48-,49+,52-,53-,54-,55-,56+,57+/m0/s1. The second-order valence-corrected chi connectivity index (χ2v) is 25.8. The number of hydrogen-bond acceptors (Lipinski definition) is 15. The van der Waals surface area contributed by atoms with Crippen molar-refractivity contribution in [1.29, 1.82) is 0 Å². The van der Waals surface area contributed by atoms with Gasteiger partial charge in [-0.15, -0.1) is 0 Å². The lowest BCUT2D eigenvalue weighted by molar-refractivity contribution is -0.148. The molecule has 0 bridgehead atoms. The van der Waals surface area contributed by atoms with E-state index < -0.39 is 132 Å². The van der Waals surface area contributed by atoms with Gasteiger partial charge in [-0.2, -0.15) is 0 Å². The van der Waals surface area contributed by atoms with Crippen LogP contribution in [0.25, 0.3) is 0 Å². The van der Waals surface area contributed by atoms with E-state index in [-0.39, 0.29) is 42.7 Å². The van der Waals surface area contributed by atoms with Crippen LogP contribution in [0.1, 0.15) is 146 Å². The van der Waals surface area contributed by atoms with Crippen molar-refractivity contribution in [2.45, 2.75) is 201 Å². The molecule has 26 heteroatoms. The van der Waals surface area contributed by atoms with E-state index in [1.807, 2.05) is 32.0 Å². The molecule has 0 aromatic heterocycles. The van der Waals surface area contributed by atoms with Crippen LogP contribution in [-0.2, 0) is 59.1 Å². The normalized spacial score (nSPS) is 16.8. The van der Waals surface area contributed by atoms with Crippen molar-refractivity contribution >= 4 is 65.3 Å². The quantitative estimate of drug-likeness (QED) is 0.0397. The third-order valence-corrected chi connectivity index (χ3v) is 17.0. The van der Waals surface area contributed by atoms with E-state index in [2.05, 4.69) is 31.9 Å². The number of carbonyl (C=O) groups excluding carboxylic acids is 10. The zero-order valence-electron chi connectivity index (χ0n) is 57.5. The summed E-state index contributed by atoms with van der Waals surface area (Å²) in [5, 5.41) is 27.5. The maximum Gasteiger partial charge on any atom is 0.411 e. The van der Waals surface area contributed by atoms with Gasteiger partial charge in [0.2, 0.25) is 35.4 Å². The zero-order valence-corrected chi connectivity index (χ0v) is 57.5. The number of nitrogens with zero attached hydrogens (tertiary/aromatic N) is 4. The summed E-state index contributed by atoms with van der Waals surface area (Å²) in [5.74, 6) is -5.32. The largest absolute Gasteiger partial charge is 0.445 e. The fourth-order valence-electron chi connectivity index (χ4n) is 11.3. The van der Waals surface area contributed by atoms with Crippen LogP contribution in [0.15, 0.2) is 54.6 Å². The van der Waals surface area contributed by atoms with E-state index in [1.165, 1.54) is 47.1 Å². The first-order valence-corrected chi connectivity index (χ1v) is 31.9. The Morgan fingerprint density at radius 3 is 1.91 bits per heavy atom. The molecule has 12 atom stereocenters. The van der Waals surface area contributed by atoms with Crippen LogP contribution >= 0.6 is 0 Å². The van der Waals surface area contributed by atoms with Gasteiger partial charge in [-0.25, -0.2) is 14.4 Å². The van der Waals surface area contributed by atoms with Gasteiger partial charge in [0.15, 0.2) is 5.60 Å². The molecule has 1 aliphatic rings. The lowest BCUT2D eigenvalue weighted by atomic mass is 9.89. The molecule has 1 saturated heterocycles. The number of methoxy groups -OCH3 is 2. The van der Waals surface area contributed by atoms with Crippen molar-refractivity contribution in [1.82, 2.24) is 46.2 Å². The van der Waals surface area contributed by atoms with Gasteiger partial charge in [0.25, 0.3) is 5.91 Å². The summed E-state index contributed by atoms with van der Waals surface area (Å²) in [6.45, 7) is 22.7. The summed E-state index contributed by atoms with van der Waals surface area (Å²) < 4.78 is 23.2. The highest BCUT2D eigenvalue weighted by Crippen LogP contribution is 2.31. The van der Waals surface area contributed by atoms with Crippen molar-refractivity contribution in [2.24, 2.45) is 35.3 Å². The van der Waals surface area contributed by atoms with Crippen LogP contribution < -0.4 is 37.6 Å². The summed E-state index contributed by atoms with van der Waals surface area (Å²) in [7, 11) is 7.40. The highest BCUT2D eigenvalue weighted by Gasteiger charge is 2.44. The molecule has 0 spiro atoms. The molecule has 1 heterocycles. The average molecular weight is 1290 g/mol. The number of anilines is 1. The Morgan fingerprint density at radius 1 is 0.739 bits per heavy atom. The predicted octanol–water partition coefficient (Wildman–Crippen LogP) is 5.46. The first-order valence-electron chi connectivity index (χ1n) is 31.9. The first kappa shape index (κ1) is 78.7. The number of nitrogens with one attached hydrogen (secondary N) is 6. The van der Waals surface area contributed by atoms with Crippen molar-refractivity contribution < 1.29 is 72.0 Å². The minimum absolute atomic E-state index is 0.0878. The van der Waals surface area contributed by atoms with Gasteiger partial charge in [0, 0.05) is 60.2 Å². The minimum Gasteiger partial charge on any atom is -0.445 e. The molecule has 2 aromatic rings. The Morgan fingerprint density at radius 2 is 1.36 bits per heavy atom. The second-order valence-electron chi connectivity index (χ2n) is 25.8. The summed E-state index contributed by atoms with van der Waals surface area (Å²) in [4.78, 5) is 140. The SMILES string of the molecule is CC[C@H](C)[C@@H]([C@@H](CC(=O)N1CCC[C@H]1[C@H](OC)[C@@H](C)C(=O)N[C@H](C)[C@@H](O)c1ccccc1)OC)N(C)C(=O)[C@@H](NC(=O)[C@H](C(C)C)N(C)C(=O)OCc1ccc(NC(=O)C(C)(C)OC(=O)N(C)CC(=O)N[C@H](C(=O)N[C@@H](C)CCCNC(N)=O)C(C)C)cc1)C(C)C. The molecule has 0 saturated carbocycles. The molecule has 11 amide bonds. The number of aliphatic hydroxyl groups is 1. The molecule has 1 aliphatic heterocycles. The monoisotopic (exact) mass is 1290 g/mol. The number of aliphatic hydroxyl groups excluding tert-OH is 1. The Balaban J connectivity index is 1.62. The molecule has 2 aromatic carbocycles. The number of amides is 11. The van der Waals surface area contributed by atoms with Crippen LogP contribution in [0.5, 0.6) is 0 Å². The summed E-state index contributed by atoms with van der Waals surface area (Å²) in [6, 6.07) is 9.77. The molecule has 3 rings (SSSR count). The molecule has 0 radical (unpaired) electrons. The summed E-state index contributed by atoms with van der Waals surface area (Å²) >= 11 is 0. The number of benzene rings is 2. The summed E-state index contributed by atoms with van der Waals surface area (Å²) in [6.07, 6.45) is -1.25. The Bertz CT molecular complexity index is 2750. The number of primary amides is 1. The van der Waals surface area contributed by atoms with Crippen LogP contribution in [-0.4, -0.2) is 199 Å². The molecule has 26 nitrogen and oxygen atoms in total. The zero-order chi connectivity index (χ0) is 69.5. The predicted molar refractivity (Wildman–Crippen MR) is 348 cm³/mol. The average Bonchev–Trinajstić information content (AvgIpc) is 1.44. The highest BCUT2D eigenvalue weighted by molar-refractivity contribution is 5.98. The fourth-order valence-corrected chi connectivity index (χ4v) is 11.3. The smallest absolute Gasteiger partial charge is 0.411 e. The van der Waals surface area contributed by atoms with E-state index in [4.69, 9.17) is 24.7 Å². The van der Waals surface area contributed by atoms with Crippen LogP contribution in [0, 0.1) is 29.6 Å². The number of urea groups is 1. The van der Waals surface area contributed by atoms with E-state index in [1.54, 1.807) is 116 Å². The number of nitrogens with two attached hydrogens (primary N) is 1. The fraction of sp³-hybridized carbons (Fsp3) is 0.667. The number of ether oxygens (including phenoxy) is 4. The summed E-state index contributed by atoms with van der Waals surface area (Å²) in [5.41, 5.74) is 4.89. The number of hydrogen-bond donors (Lipinski definition) is 8. The van der Waals surface area contributed by atoms with Crippen LogP contribution in [0.3, 0.4) is 0 Å². The van der Waals surface area contributed by atoms with Gasteiger partial charge in [-0.05, 0) is 100 Å². The first-order chi connectivity index (χ1) is 43.1. The number of rotatable bonds is 35.